The first-order valence-electron chi connectivity index (χ1n) is 3.67. The van der Waals surface area contributed by atoms with Crippen molar-refractivity contribution in [2.24, 2.45) is 5.11 Å². The summed E-state index contributed by atoms with van der Waals surface area (Å²) in [5, 5.41) is 4.52. The van der Waals surface area contributed by atoms with Crippen molar-refractivity contribution in [3.63, 3.8) is 0 Å². The van der Waals surface area contributed by atoms with Crippen LogP contribution in [0.1, 0.15) is 5.56 Å². The Hall–Kier alpha value is -0.260. The molecule has 0 saturated heterocycles. The standard InChI is InChI=1S/C8H7BrIN3/c9-4-3-6-1-2-7(10)5-8(6)12-13-11/h1-2,5H,3-4H2. The average molecular weight is 352 g/mol. The maximum Gasteiger partial charge on any atom is 0.0418 e. The van der Waals surface area contributed by atoms with Crippen LogP contribution >= 0.6 is 38.5 Å². The summed E-state index contributed by atoms with van der Waals surface area (Å²) >= 11 is 5.55. The molecule has 68 valence electrons. The maximum absolute atomic E-state index is 8.35. The smallest absolute Gasteiger partial charge is 0.0418 e. The lowest BCUT2D eigenvalue weighted by Crippen LogP contribution is -1.86. The van der Waals surface area contributed by atoms with Crippen molar-refractivity contribution in [3.8, 4) is 0 Å². The summed E-state index contributed by atoms with van der Waals surface area (Å²) in [5.41, 5.74) is 10.2. The fourth-order valence-corrected chi connectivity index (χ4v) is 1.89. The molecule has 0 N–H and O–H groups in total. The second kappa shape index (κ2) is 5.47. The van der Waals surface area contributed by atoms with Crippen LogP contribution in [-0.4, -0.2) is 5.33 Å². The quantitative estimate of drug-likeness (QED) is 0.258. The number of rotatable bonds is 3. The van der Waals surface area contributed by atoms with Crippen LogP contribution in [0.4, 0.5) is 5.69 Å². The van der Waals surface area contributed by atoms with Crippen LogP contribution in [0.2, 0.25) is 0 Å². The predicted octanol–water partition coefficient (Wildman–Crippen LogP) is 4.17. The van der Waals surface area contributed by atoms with Gasteiger partial charge in [0.25, 0.3) is 0 Å². The second-order valence-electron chi connectivity index (χ2n) is 2.40. The Morgan fingerprint density at radius 1 is 1.54 bits per heavy atom. The van der Waals surface area contributed by atoms with Gasteiger partial charge in [-0.05, 0) is 52.2 Å². The predicted molar refractivity (Wildman–Crippen MR) is 65.5 cm³/mol. The van der Waals surface area contributed by atoms with Crippen molar-refractivity contribution in [2.75, 3.05) is 5.33 Å². The molecule has 0 amide bonds. The minimum Gasteiger partial charge on any atom is -0.0924 e. The van der Waals surface area contributed by atoms with Crippen molar-refractivity contribution in [1.29, 1.82) is 0 Å². The van der Waals surface area contributed by atoms with Crippen LogP contribution in [0.5, 0.6) is 0 Å². The van der Waals surface area contributed by atoms with E-state index in [1.54, 1.807) is 0 Å². The van der Waals surface area contributed by atoms with Gasteiger partial charge >= 0.3 is 0 Å². The molecule has 0 unspecified atom stereocenters. The molecule has 0 atom stereocenters. The fourth-order valence-electron chi connectivity index (χ4n) is 0.991. The first kappa shape index (κ1) is 10.8. The maximum atomic E-state index is 8.35. The molecule has 1 aromatic rings. The van der Waals surface area contributed by atoms with Crippen LogP contribution in [-0.2, 0) is 6.42 Å². The van der Waals surface area contributed by atoms with Gasteiger partial charge in [0.2, 0.25) is 0 Å². The minimum atomic E-state index is 0.730. The summed E-state index contributed by atoms with van der Waals surface area (Å²) in [4.78, 5) is 2.80. The van der Waals surface area contributed by atoms with E-state index in [1.807, 2.05) is 18.2 Å². The lowest BCUT2D eigenvalue weighted by molar-refractivity contribution is 1.15. The molecule has 0 aliphatic rings. The summed E-state index contributed by atoms with van der Waals surface area (Å²) in [6.45, 7) is 0. The Morgan fingerprint density at radius 3 is 2.92 bits per heavy atom. The Balaban J connectivity index is 3.10. The molecule has 0 heterocycles. The second-order valence-corrected chi connectivity index (χ2v) is 4.44. The zero-order valence-corrected chi connectivity index (χ0v) is 10.5. The van der Waals surface area contributed by atoms with E-state index in [1.165, 1.54) is 0 Å². The molecule has 1 rings (SSSR count). The highest BCUT2D eigenvalue weighted by Gasteiger charge is 2.00. The van der Waals surface area contributed by atoms with Crippen molar-refractivity contribution < 1.29 is 0 Å². The number of benzene rings is 1. The van der Waals surface area contributed by atoms with Gasteiger partial charge in [0.05, 0.1) is 0 Å². The molecule has 0 fully saturated rings. The molecule has 0 aromatic heterocycles. The number of aryl methyl sites for hydroxylation is 1. The molecule has 13 heavy (non-hydrogen) atoms. The molecular weight excluding hydrogens is 345 g/mol. The molecule has 0 saturated carbocycles. The number of alkyl halides is 1. The Morgan fingerprint density at radius 2 is 2.31 bits per heavy atom. The molecule has 1 aromatic carbocycles. The topological polar surface area (TPSA) is 48.8 Å². The van der Waals surface area contributed by atoms with Gasteiger partial charge < -0.3 is 0 Å². The third-order valence-electron chi connectivity index (χ3n) is 1.56. The van der Waals surface area contributed by atoms with Crippen molar-refractivity contribution in [3.05, 3.63) is 37.8 Å². The Labute approximate surface area is 98.4 Å². The van der Waals surface area contributed by atoms with Gasteiger partial charge in [0, 0.05) is 19.5 Å². The summed E-state index contributed by atoms with van der Waals surface area (Å²) in [7, 11) is 0. The van der Waals surface area contributed by atoms with Gasteiger partial charge in [-0.3, -0.25) is 0 Å². The third-order valence-corrected chi connectivity index (χ3v) is 2.63. The van der Waals surface area contributed by atoms with E-state index in [0.29, 0.717) is 0 Å². The van der Waals surface area contributed by atoms with Crippen molar-refractivity contribution in [1.82, 2.24) is 0 Å². The Kier molecular flexibility index (Phi) is 4.55. The van der Waals surface area contributed by atoms with Crippen LogP contribution in [0, 0.1) is 3.57 Å². The molecule has 0 radical (unpaired) electrons. The first-order chi connectivity index (χ1) is 6.27. The molecule has 0 aliphatic carbocycles. The van der Waals surface area contributed by atoms with E-state index < -0.39 is 0 Å². The van der Waals surface area contributed by atoms with E-state index in [0.717, 1.165) is 26.6 Å². The lowest BCUT2D eigenvalue weighted by Gasteiger charge is -2.02. The third kappa shape index (κ3) is 3.17. The Bertz CT molecular complexity index is 347. The molecule has 5 heteroatoms. The highest BCUT2D eigenvalue weighted by Crippen LogP contribution is 2.23. The minimum absolute atomic E-state index is 0.730. The SMILES string of the molecule is [N-]=[N+]=Nc1cc(I)ccc1CCBr. The normalized spacial score (nSPS) is 9.38. The molecule has 3 nitrogen and oxygen atoms in total. The van der Waals surface area contributed by atoms with E-state index >= 15 is 0 Å². The van der Waals surface area contributed by atoms with Gasteiger partial charge in [-0.15, -0.1) is 0 Å². The number of hydrogen-bond donors (Lipinski definition) is 0. The number of hydrogen-bond acceptors (Lipinski definition) is 1. The van der Waals surface area contributed by atoms with Gasteiger partial charge in [0.15, 0.2) is 0 Å². The van der Waals surface area contributed by atoms with E-state index in [9.17, 15) is 0 Å². The number of nitrogens with zero attached hydrogens (tertiary/aromatic N) is 3. The zero-order valence-electron chi connectivity index (χ0n) is 6.74. The van der Waals surface area contributed by atoms with Crippen LogP contribution in [0.25, 0.3) is 10.4 Å². The van der Waals surface area contributed by atoms with Crippen LogP contribution in [0.3, 0.4) is 0 Å². The molecule has 0 spiro atoms. The van der Waals surface area contributed by atoms with Gasteiger partial charge in [-0.25, -0.2) is 0 Å². The van der Waals surface area contributed by atoms with E-state index in [4.69, 9.17) is 5.53 Å². The highest BCUT2D eigenvalue weighted by molar-refractivity contribution is 14.1. The van der Waals surface area contributed by atoms with Gasteiger partial charge in [-0.2, -0.15) is 0 Å². The molecule has 0 bridgehead atoms. The van der Waals surface area contributed by atoms with Crippen molar-refractivity contribution in [2.45, 2.75) is 6.42 Å². The highest BCUT2D eigenvalue weighted by atomic mass is 127. The largest absolute Gasteiger partial charge is 0.0924 e. The summed E-state index contributed by atoms with van der Waals surface area (Å²) in [6, 6.07) is 5.89. The van der Waals surface area contributed by atoms with E-state index in [2.05, 4.69) is 48.5 Å². The number of azide groups is 1. The zero-order chi connectivity index (χ0) is 9.68. The first-order valence-corrected chi connectivity index (χ1v) is 5.87. The van der Waals surface area contributed by atoms with Crippen LogP contribution < -0.4 is 0 Å². The lowest BCUT2D eigenvalue weighted by atomic mass is 10.1. The number of halogens is 2. The molecular formula is C8H7BrIN3. The van der Waals surface area contributed by atoms with E-state index in [-0.39, 0.29) is 0 Å². The summed E-state index contributed by atoms with van der Waals surface area (Å²) in [5.74, 6) is 0. The van der Waals surface area contributed by atoms with Crippen molar-refractivity contribution >= 4 is 44.2 Å². The average Bonchev–Trinajstić information content (AvgIpc) is 2.10. The van der Waals surface area contributed by atoms with Gasteiger partial charge in [-0.1, -0.05) is 27.1 Å². The van der Waals surface area contributed by atoms with Gasteiger partial charge in [0.1, 0.15) is 0 Å². The monoisotopic (exact) mass is 351 g/mol. The summed E-state index contributed by atoms with van der Waals surface area (Å²) < 4.78 is 1.08. The fraction of sp³-hybridized carbons (Fsp3) is 0.250. The summed E-state index contributed by atoms with van der Waals surface area (Å²) in [6.07, 6.45) is 0.880. The van der Waals surface area contributed by atoms with Crippen LogP contribution in [0.15, 0.2) is 23.3 Å². The molecule has 0 aliphatic heterocycles.